The molecule has 1 aromatic rings. The molecule has 0 aromatic carbocycles. The fourth-order valence-corrected chi connectivity index (χ4v) is 2.04. The zero-order valence-electron chi connectivity index (χ0n) is 9.73. The summed E-state index contributed by atoms with van der Waals surface area (Å²) < 4.78 is 0. The number of nitrogens with zero attached hydrogens (tertiary/aromatic N) is 3. The van der Waals surface area contributed by atoms with E-state index in [9.17, 15) is 0 Å². The van der Waals surface area contributed by atoms with Gasteiger partial charge in [-0.15, -0.1) is 0 Å². The predicted octanol–water partition coefficient (Wildman–Crippen LogP) is 1.36. The van der Waals surface area contributed by atoms with E-state index in [2.05, 4.69) is 14.9 Å². The number of aryl methyl sites for hydroxylation is 1. The molecule has 2 rings (SSSR count). The van der Waals surface area contributed by atoms with E-state index in [0.29, 0.717) is 0 Å². The molecule has 4 heteroatoms. The van der Waals surface area contributed by atoms with Gasteiger partial charge in [0.1, 0.15) is 0 Å². The lowest BCUT2D eigenvalue weighted by molar-refractivity contribution is 0.568. The van der Waals surface area contributed by atoms with E-state index >= 15 is 0 Å². The Morgan fingerprint density at radius 2 is 1.81 bits per heavy atom. The van der Waals surface area contributed by atoms with Crippen molar-refractivity contribution < 1.29 is 0 Å². The molecule has 0 aliphatic carbocycles. The van der Waals surface area contributed by atoms with Crippen molar-refractivity contribution in [1.82, 2.24) is 9.97 Å². The molecular formula is C12H20N4. The van der Waals surface area contributed by atoms with Crippen LogP contribution in [0.4, 0.5) is 5.95 Å². The van der Waals surface area contributed by atoms with Crippen LogP contribution in [0.25, 0.3) is 0 Å². The van der Waals surface area contributed by atoms with Crippen LogP contribution in [-0.4, -0.2) is 29.6 Å². The van der Waals surface area contributed by atoms with Crippen LogP contribution < -0.4 is 10.6 Å². The Morgan fingerprint density at radius 1 is 1.12 bits per heavy atom. The van der Waals surface area contributed by atoms with Gasteiger partial charge in [0.05, 0.1) is 0 Å². The minimum Gasteiger partial charge on any atom is -0.341 e. The van der Waals surface area contributed by atoms with Crippen molar-refractivity contribution in [3.8, 4) is 0 Å². The Morgan fingerprint density at radius 3 is 2.44 bits per heavy atom. The summed E-state index contributed by atoms with van der Waals surface area (Å²) in [5.41, 5.74) is 6.66. The van der Waals surface area contributed by atoms with Gasteiger partial charge in [-0.1, -0.05) is 0 Å². The largest absolute Gasteiger partial charge is 0.341 e. The molecule has 0 spiro atoms. The molecule has 88 valence electrons. The number of piperidine rings is 1. The van der Waals surface area contributed by atoms with E-state index < -0.39 is 0 Å². The summed E-state index contributed by atoms with van der Waals surface area (Å²) >= 11 is 0. The topological polar surface area (TPSA) is 55.0 Å². The lowest BCUT2D eigenvalue weighted by Gasteiger charge is -2.26. The maximum atomic E-state index is 5.47. The number of nitrogens with two attached hydrogens (primary N) is 1. The summed E-state index contributed by atoms with van der Waals surface area (Å²) in [7, 11) is 0. The quantitative estimate of drug-likeness (QED) is 0.832. The Bertz CT molecular complexity index is 303. The fraction of sp³-hybridized carbons (Fsp3) is 0.667. The molecule has 0 radical (unpaired) electrons. The second kappa shape index (κ2) is 5.80. The molecule has 0 atom stereocenters. The summed E-state index contributed by atoms with van der Waals surface area (Å²) in [4.78, 5) is 11.1. The van der Waals surface area contributed by atoms with Crippen LogP contribution >= 0.6 is 0 Å². The summed E-state index contributed by atoms with van der Waals surface area (Å²) in [6.45, 7) is 2.93. The molecule has 0 bridgehead atoms. The van der Waals surface area contributed by atoms with E-state index in [-0.39, 0.29) is 0 Å². The molecule has 1 saturated heterocycles. The summed E-state index contributed by atoms with van der Waals surface area (Å²) in [5.74, 6) is 0.885. The Kier molecular flexibility index (Phi) is 4.10. The van der Waals surface area contributed by atoms with Crippen molar-refractivity contribution in [3.05, 3.63) is 18.0 Å². The number of hydrogen-bond donors (Lipinski definition) is 1. The van der Waals surface area contributed by atoms with Gasteiger partial charge in [0.2, 0.25) is 5.95 Å². The second-order valence-electron chi connectivity index (χ2n) is 4.33. The van der Waals surface area contributed by atoms with Gasteiger partial charge in [-0.2, -0.15) is 0 Å². The highest BCUT2D eigenvalue weighted by Gasteiger charge is 2.12. The highest BCUT2D eigenvalue weighted by molar-refractivity contribution is 5.30. The predicted molar refractivity (Wildman–Crippen MR) is 65.5 cm³/mol. The minimum atomic E-state index is 0.730. The summed E-state index contributed by atoms with van der Waals surface area (Å²) in [5, 5.41) is 0. The summed E-state index contributed by atoms with van der Waals surface area (Å²) in [6, 6.07) is 0. The first kappa shape index (κ1) is 11.3. The normalized spacial score (nSPS) is 16.4. The van der Waals surface area contributed by atoms with E-state index in [1.165, 1.54) is 24.8 Å². The standard InChI is InChI=1S/C12H20N4/c13-6-4-5-11-9-14-12(15-10-11)16-7-2-1-3-8-16/h9-10H,1-8,13H2. The Labute approximate surface area is 96.9 Å². The summed E-state index contributed by atoms with van der Waals surface area (Å²) in [6.07, 6.45) is 9.73. The van der Waals surface area contributed by atoms with Crippen molar-refractivity contribution in [2.75, 3.05) is 24.5 Å². The average molecular weight is 220 g/mol. The third-order valence-electron chi connectivity index (χ3n) is 3.00. The van der Waals surface area contributed by atoms with Crippen LogP contribution in [-0.2, 0) is 6.42 Å². The molecule has 4 nitrogen and oxygen atoms in total. The number of anilines is 1. The van der Waals surface area contributed by atoms with E-state index in [4.69, 9.17) is 5.73 Å². The lowest BCUT2D eigenvalue weighted by Crippen LogP contribution is -2.30. The molecule has 1 aliphatic rings. The molecule has 1 fully saturated rings. The van der Waals surface area contributed by atoms with E-state index in [0.717, 1.165) is 38.4 Å². The van der Waals surface area contributed by atoms with Gasteiger partial charge in [0.15, 0.2) is 0 Å². The van der Waals surface area contributed by atoms with Crippen molar-refractivity contribution in [2.24, 2.45) is 5.73 Å². The van der Waals surface area contributed by atoms with Crippen molar-refractivity contribution in [2.45, 2.75) is 32.1 Å². The maximum absolute atomic E-state index is 5.47. The zero-order chi connectivity index (χ0) is 11.2. The molecule has 1 aliphatic heterocycles. The average Bonchev–Trinajstić information content (AvgIpc) is 2.38. The molecule has 1 aromatic heterocycles. The number of rotatable bonds is 4. The number of aromatic nitrogens is 2. The first-order chi connectivity index (χ1) is 7.90. The highest BCUT2D eigenvalue weighted by Crippen LogP contribution is 2.15. The van der Waals surface area contributed by atoms with Crippen LogP contribution in [0, 0.1) is 0 Å². The Balaban J connectivity index is 1.95. The van der Waals surface area contributed by atoms with Crippen LogP contribution in [0.3, 0.4) is 0 Å². The first-order valence-electron chi connectivity index (χ1n) is 6.16. The van der Waals surface area contributed by atoms with Gasteiger partial charge < -0.3 is 10.6 Å². The van der Waals surface area contributed by atoms with Crippen molar-refractivity contribution >= 4 is 5.95 Å². The SMILES string of the molecule is NCCCc1cnc(N2CCCCC2)nc1. The van der Waals surface area contributed by atoms with Gasteiger partial charge in [-0.25, -0.2) is 9.97 Å². The molecule has 16 heavy (non-hydrogen) atoms. The van der Waals surface area contributed by atoms with Gasteiger partial charge in [0, 0.05) is 25.5 Å². The van der Waals surface area contributed by atoms with Gasteiger partial charge >= 0.3 is 0 Å². The minimum absolute atomic E-state index is 0.730. The van der Waals surface area contributed by atoms with Crippen molar-refractivity contribution in [1.29, 1.82) is 0 Å². The molecule has 2 heterocycles. The Hall–Kier alpha value is -1.16. The molecule has 0 saturated carbocycles. The van der Waals surface area contributed by atoms with Gasteiger partial charge in [-0.05, 0) is 44.2 Å². The maximum Gasteiger partial charge on any atom is 0.225 e. The van der Waals surface area contributed by atoms with Crippen LogP contribution in [0.5, 0.6) is 0 Å². The molecule has 2 N–H and O–H groups in total. The molecule has 0 unspecified atom stereocenters. The second-order valence-corrected chi connectivity index (χ2v) is 4.33. The van der Waals surface area contributed by atoms with Gasteiger partial charge in [-0.3, -0.25) is 0 Å². The van der Waals surface area contributed by atoms with E-state index in [1.54, 1.807) is 0 Å². The van der Waals surface area contributed by atoms with Crippen LogP contribution in [0.2, 0.25) is 0 Å². The van der Waals surface area contributed by atoms with Crippen molar-refractivity contribution in [3.63, 3.8) is 0 Å². The highest BCUT2D eigenvalue weighted by atomic mass is 15.2. The monoisotopic (exact) mass is 220 g/mol. The zero-order valence-corrected chi connectivity index (χ0v) is 9.73. The molecular weight excluding hydrogens is 200 g/mol. The van der Waals surface area contributed by atoms with E-state index in [1.807, 2.05) is 12.4 Å². The van der Waals surface area contributed by atoms with Crippen LogP contribution in [0.1, 0.15) is 31.2 Å². The lowest BCUT2D eigenvalue weighted by atomic mass is 10.1. The van der Waals surface area contributed by atoms with Gasteiger partial charge in [0.25, 0.3) is 0 Å². The number of hydrogen-bond acceptors (Lipinski definition) is 4. The smallest absolute Gasteiger partial charge is 0.225 e. The first-order valence-corrected chi connectivity index (χ1v) is 6.16. The third kappa shape index (κ3) is 2.92. The third-order valence-corrected chi connectivity index (χ3v) is 3.00. The fourth-order valence-electron chi connectivity index (χ4n) is 2.04. The van der Waals surface area contributed by atoms with Crippen LogP contribution in [0.15, 0.2) is 12.4 Å². The molecule has 0 amide bonds.